The van der Waals surface area contributed by atoms with Gasteiger partial charge in [-0.1, -0.05) is 12.1 Å². The van der Waals surface area contributed by atoms with Crippen molar-refractivity contribution in [3.05, 3.63) is 48.3 Å². The lowest BCUT2D eigenvalue weighted by atomic mass is 10.3. The lowest BCUT2D eigenvalue weighted by Gasteiger charge is -2.11. The first kappa shape index (κ1) is 13.5. The van der Waals surface area contributed by atoms with Crippen molar-refractivity contribution in [2.24, 2.45) is 0 Å². The minimum atomic E-state index is 0.0705. The fourth-order valence-corrected chi connectivity index (χ4v) is 1.83. The number of aliphatic hydroxyl groups is 1. The van der Waals surface area contributed by atoms with E-state index in [1.165, 1.54) is 0 Å². The molecule has 19 heavy (non-hydrogen) atoms. The lowest BCUT2D eigenvalue weighted by Crippen LogP contribution is -2.07. The molecule has 0 fully saturated rings. The van der Waals surface area contributed by atoms with E-state index >= 15 is 0 Å². The van der Waals surface area contributed by atoms with Crippen LogP contribution in [0.15, 0.2) is 42.7 Å². The molecule has 0 saturated carbocycles. The normalized spacial score (nSPS) is 10.4. The maximum atomic E-state index is 8.99. The molecule has 0 aliphatic heterocycles. The Morgan fingerprint density at radius 3 is 2.47 bits per heavy atom. The highest BCUT2D eigenvalue weighted by atomic mass is 16.5. The summed E-state index contributed by atoms with van der Waals surface area (Å²) in [6.07, 6.45) is 3.85. The van der Waals surface area contributed by atoms with Crippen LogP contribution in [-0.4, -0.2) is 22.9 Å². The van der Waals surface area contributed by atoms with E-state index in [2.05, 4.69) is 0 Å². The summed E-state index contributed by atoms with van der Waals surface area (Å²) in [4.78, 5) is 0. The van der Waals surface area contributed by atoms with Gasteiger partial charge in [0.05, 0.1) is 19.8 Å². The number of hydrogen-bond donors (Lipinski definition) is 1. The Balaban J connectivity index is 1.88. The highest BCUT2D eigenvalue weighted by Gasteiger charge is 2.03. The molecule has 0 atom stereocenters. The SMILES string of the molecule is CCOc1ccccc1OCCn1ccc(CO)c1. The Bertz CT molecular complexity index is 508. The summed E-state index contributed by atoms with van der Waals surface area (Å²) in [6.45, 7) is 3.94. The molecule has 0 spiro atoms. The van der Waals surface area contributed by atoms with Crippen LogP contribution in [0.25, 0.3) is 0 Å². The van der Waals surface area contributed by atoms with Crippen molar-refractivity contribution >= 4 is 0 Å². The number of para-hydroxylation sites is 2. The number of rotatable bonds is 7. The van der Waals surface area contributed by atoms with Crippen molar-refractivity contribution in [1.82, 2.24) is 4.57 Å². The van der Waals surface area contributed by atoms with Crippen LogP contribution in [-0.2, 0) is 13.2 Å². The molecule has 2 rings (SSSR count). The quantitative estimate of drug-likeness (QED) is 0.832. The van der Waals surface area contributed by atoms with Gasteiger partial charge < -0.3 is 19.1 Å². The molecular weight excluding hydrogens is 242 g/mol. The highest BCUT2D eigenvalue weighted by Crippen LogP contribution is 2.26. The molecule has 0 bridgehead atoms. The monoisotopic (exact) mass is 261 g/mol. The topological polar surface area (TPSA) is 43.6 Å². The van der Waals surface area contributed by atoms with E-state index in [1.807, 2.05) is 54.2 Å². The molecular formula is C15H19NO3. The lowest BCUT2D eigenvalue weighted by molar-refractivity contribution is 0.265. The Hall–Kier alpha value is -1.94. The number of aliphatic hydroxyl groups excluding tert-OH is 1. The maximum Gasteiger partial charge on any atom is 0.161 e. The zero-order chi connectivity index (χ0) is 13.5. The summed E-state index contributed by atoms with van der Waals surface area (Å²) in [6, 6.07) is 9.56. The van der Waals surface area contributed by atoms with Crippen LogP contribution < -0.4 is 9.47 Å². The van der Waals surface area contributed by atoms with Gasteiger partial charge in [0.25, 0.3) is 0 Å². The summed E-state index contributed by atoms with van der Waals surface area (Å²) in [5.41, 5.74) is 0.912. The Morgan fingerprint density at radius 2 is 1.84 bits per heavy atom. The van der Waals surface area contributed by atoms with Crippen LogP contribution >= 0.6 is 0 Å². The van der Waals surface area contributed by atoms with Crippen LogP contribution in [0.5, 0.6) is 11.5 Å². The molecule has 1 heterocycles. The van der Waals surface area contributed by atoms with Gasteiger partial charge in [-0.05, 0) is 30.7 Å². The average molecular weight is 261 g/mol. The maximum absolute atomic E-state index is 8.99. The number of hydrogen-bond acceptors (Lipinski definition) is 3. The van der Waals surface area contributed by atoms with Crippen molar-refractivity contribution in [3.63, 3.8) is 0 Å². The first-order chi connectivity index (χ1) is 9.33. The van der Waals surface area contributed by atoms with Gasteiger partial charge in [0.15, 0.2) is 11.5 Å². The van der Waals surface area contributed by atoms with Crippen LogP contribution in [0.4, 0.5) is 0 Å². The number of ether oxygens (including phenoxy) is 2. The summed E-state index contributed by atoms with van der Waals surface area (Å²) < 4.78 is 13.2. The Labute approximate surface area is 113 Å². The van der Waals surface area contributed by atoms with Gasteiger partial charge in [0, 0.05) is 12.4 Å². The van der Waals surface area contributed by atoms with Crippen LogP contribution in [0.1, 0.15) is 12.5 Å². The zero-order valence-corrected chi connectivity index (χ0v) is 11.1. The minimum Gasteiger partial charge on any atom is -0.490 e. The smallest absolute Gasteiger partial charge is 0.161 e. The molecule has 0 radical (unpaired) electrons. The minimum absolute atomic E-state index is 0.0705. The van der Waals surface area contributed by atoms with E-state index < -0.39 is 0 Å². The van der Waals surface area contributed by atoms with Crippen molar-refractivity contribution in [3.8, 4) is 11.5 Å². The molecule has 2 aromatic rings. The molecule has 4 nitrogen and oxygen atoms in total. The van der Waals surface area contributed by atoms with Gasteiger partial charge in [-0.3, -0.25) is 0 Å². The van der Waals surface area contributed by atoms with Gasteiger partial charge in [-0.2, -0.15) is 0 Å². The zero-order valence-electron chi connectivity index (χ0n) is 11.1. The third-order valence-electron chi connectivity index (χ3n) is 2.75. The molecule has 0 amide bonds. The molecule has 1 aromatic carbocycles. The second kappa shape index (κ2) is 6.85. The number of nitrogens with zero attached hydrogens (tertiary/aromatic N) is 1. The third-order valence-corrected chi connectivity index (χ3v) is 2.75. The highest BCUT2D eigenvalue weighted by molar-refractivity contribution is 5.39. The molecule has 0 aliphatic carbocycles. The second-order valence-electron chi connectivity index (χ2n) is 4.14. The van der Waals surface area contributed by atoms with E-state index in [9.17, 15) is 0 Å². The third kappa shape index (κ3) is 3.76. The molecule has 1 N–H and O–H groups in total. The van der Waals surface area contributed by atoms with Crippen molar-refractivity contribution < 1.29 is 14.6 Å². The molecule has 0 aliphatic rings. The number of aromatic nitrogens is 1. The van der Waals surface area contributed by atoms with Gasteiger partial charge in [0.2, 0.25) is 0 Å². The van der Waals surface area contributed by atoms with Crippen molar-refractivity contribution in [2.75, 3.05) is 13.2 Å². The number of benzene rings is 1. The molecule has 0 unspecified atom stereocenters. The first-order valence-electron chi connectivity index (χ1n) is 6.43. The largest absolute Gasteiger partial charge is 0.490 e. The predicted molar refractivity (Wildman–Crippen MR) is 73.5 cm³/mol. The van der Waals surface area contributed by atoms with E-state index in [0.717, 1.165) is 23.6 Å². The molecule has 1 aromatic heterocycles. The van der Waals surface area contributed by atoms with Crippen molar-refractivity contribution in [1.29, 1.82) is 0 Å². The summed E-state index contributed by atoms with van der Waals surface area (Å²) in [5.74, 6) is 1.53. The van der Waals surface area contributed by atoms with E-state index in [1.54, 1.807) is 0 Å². The predicted octanol–water partition coefficient (Wildman–Crippen LogP) is 2.46. The first-order valence-corrected chi connectivity index (χ1v) is 6.43. The van der Waals surface area contributed by atoms with Crippen LogP contribution in [0.2, 0.25) is 0 Å². The molecule has 4 heteroatoms. The van der Waals surface area contributed by atoms with Gasteiger partial charge in [-0.25, -0.2) is 0 Å². The van der Waals surface area contributed by atoms with E-state index in [0.29, 0.717) is 13.2 Å². The molecule has 102 valence electrons. The van der Waals surface area contributed by atoms with Gasteiger partial charge >= 0.3 is 0 Å². The van der Waals surface area contributed by atoms with Gasteiger partial charge in [-0.15, -0.1) is 0 Å². The van der Waals surface area contributed by atoms with Crippen molar-refractivity contribution in [2.45, 2.75) is 20.1 Å². The standard InChI is InChI=1S/C15H19NO3/c1-2-18-14-5-3-4-6-15(14)19-10-9-16-8-7-13(11-16)12-17/h3-8,11,17H,2,9-10,12H2,1H3. The average Bonchev–Trinajstić information content (AvgIpc) is 2.89. The Kier molecular flexibility index (Phi) is 4.86. The van der Waals surface area contributed by atoms with Crippen LogP contribution in [0, 0.1) is 0 Å². The summed E-state index contributed by atoms with van der Waals surface area (Å²) in [7, 11) is 0. The fraction of sp³-hybridized carbons (Fsp3) is 0.333. The van der Waals surface area contributed by atoms with Gasteiger partial charge in [0.1, 0.15) is 6.61 Å². The summed E-state index contributed by atoms with van der Waals surface area (Å²) >= 11 is 0. The molecule has 0 saturated heterocycles. The summed E-state index contributed by atoms with van der Waals surface area (Å²) in [5, 5.41) is 8.99. The van der Waals surface area contributed by atoms with E-state index in [-0.39, 0.29) is 6.61 Å². The van der Waals surface area contributed by atoms with E-state index in [4.69, 9.17) is 14.6 Å². The fourth-order valence-electron chi connectivity index (χ4n) is 1.83. The Morgan fingerprint density at radius 1 is 1.11 bits per heavy atom. The van der Waals surface area contributed by atoms with Crippen LogP contribution in [0.3, 0.4) is 0 Å². The second-order valence-corrected chi connectivity index (χ2v) is 4.14.